The van der Waals surface area contributed by atoms with Crippen molar-refractivity contribution in [3.63, 3.8) is 0 Å². The van der Waals surface area contributed by atoms with Crippen molar-refractivity contribution in [2.24, 2.45) is 0 Å². The molecule has 3 aliphatic carbocycles. The first kappa shape index (κ1) is 28.6. The van der Waals surface area contributed by atoms with E-state index in [2.05, 4.69) is 17.6 Å². The van der Waals surface area contributed by atoms with Gasteiger partial charge in [0.15, 0.2) is 0 Å². The first-order valence-corrected chi connectivity index (χ1v) is 13.3. The summed E-state index contributed by atoms with van der Waals surface area (Å²) in [4.78, 5) is 26.5. The molecule has 1 unspecified atom stereocenters. The van der Waals surface area contributed by atoms with Gasteiger partial charge in [0, 0.05) is 11.2 Å². The van der Waals surface area contributed by atoms with Gasteiger partial charge in [0.05, 0.1) is 23.9 Å². The third kappa shape index (κ3) is 4.74. The Morgan fingerprint density at radius 1 is 0.921 bits per heavy atom. The van der Waals surface area contributed by atoms with Gasteiger partial charge < -0.3 is 23.5 Å². The molecule has 2 amide bonds. The topological polar surface area (TPSA) is 95.6 Å². The lowest BCUT2D eigenvalue weighted by molar-refractivity contribution is -0.184. The van der Waals surface area contributed by atoms with E-state index in [-0.39, 0.29) is 11.2 Å². The summed E-state index contributed by atoms with van der Waals surface area (Å²) in [5.41, 5.74) is 0.141. The summed E-state index contributed by atoms with van der Waals surface area (Å²) in [6.45, 7) is 18.7. The fourth-order valence-electron chi connectivity index (χ4n) is 5.91. The van der Waals surface area contributed by atoms with Gasteiger partial charge in [-0.05, 0) is 99.8 Å². The Morgan fingerprint density at radius 2 is 1.42 bits per heavy atom. The van der Waals surface area contributed by atoms with Crippen LogP contribution in [0.5, 0.6) is 5.75 Å². The molecule has 1 heterocycles. The monoisotopic (exact) mass is 530 g/mol. The molecule has 3 saturated carbocycles. The van der Waals surface area contributed by atoms with Gasteiger partial charge >= 0.3 is 19.3 Å². The molecule has 10 heteroatoms. The molecule has 38 heavy (non-hydrogen) atoms. The molecular weight excluding hydrogens is 487 g/mol. The van der Waals surface area contributed by atoms with Crippen molar-refractivity contribution >= 4 is 19.3 Å². The summed E-state index contributed by atoms with van der Waals surface area (Å²) in [6, 6.07) is 7.99. The highest BCUT2D eigenvalue weighted by molar-refractivity contribution is 6.49. The van der Waals surface area contributed by atoms with E-state index in [1.165, 1.54) is 5.01 Å². The molecule has 0 aromatic heterocycles. The average Bonchev–Trinajstić information content (AvgIpc) is 2.89. The van der Waals surface area contributed by atoms with Crippen LogP contribution in [0.1, 0.15) is 87.6 Å². The van der Waals surface area contributed by atoms with Gasteiger partial charge in [-0.15, -0.1) is 0 Å². The minimum absolute atomic E-state index is 0.258. The van der Waals surface area contributed by atoms with Crippen LogP contribution in [0.25, 0.3) is 0 Å². The molecule has 4 fully saturated rings. The van der Waals surface area contributed by atoms with Crippen LogP contribution in [-0.2, 0) is 24.2 Å². The minimum Gasteiger partial charge on any atom is -0.497 e. The summed E-state index contributed by atoms with van der Waals surface area (Å²) in [5.74, 6) is 0.510. The number of carbonyl (C=O) groups excluding carboxylic acids is 2. The number of hydrazine groups is 1. The Morgan fingerprint density at radius 3 is 1.87 bits per heavy atom. The molecule has 9 nitrogen and oxygen atoms in total. The molecule has 1 aliphatic heterocycles. The molecular formula is C28H43BN2O7. The zero-order valence-corrected chi connectivity index (χ0v) is 24.7. The molecule has 1 atom stereocenters. The largest absolute Gasteiger partial charge is 0.497 e. The molecule has 4 aliphatic rings. The van der Waals surface area contributed by atoms with Gasteiger partial charge in [-0.2, -0.15) is 0 Å². The number of nitrogens with one attached hydrogen (secondary N) is 1. The first-order valence-electron chi connectivity index (χ1n) is 13.3. The molecule has 0 radical (unpaired) electrons. The second-order valence-electron chi connectivity index (χ2n) is 13.9. The molecule has 1 aromatic carbocycles. The van der Waals surface area contributed by atoms with Gasteiger partial charge in [0.25, 0.3) is 0 Å². The van der Waals surface area contributed by atoms with E-state index in [0.717, 1.165) is 11.3 Å². The number of rotatable bonds is 4. The van der Waals surface area contributed by atoms with Crippen molar-refractivity contribution in [1.82, 2.24) is 10.4 Å². The fraction of sp³-hybridized carbons (Fsp3) is 0.714. The van der Waals surface area contributed by atoms with Gasteiger partial charge in [-0.3, -0.25) is 0 Å². The summed E-state index contributed by atoms with van der Waals surface area (Å²) < 4.78 is 29.7. The predicted molar refractivity (Wildman–Crippen MR) is 144 cm³/mol. The maximum absolute atomic E-state index is 13.6. The SMILES string of the molecule is COc1ccc(C23CC(N(NC(=O)OC(C)(C)C)C(=O)OC(C)(C)C)(C2)C3B2OC(C)(C)C(C)(C)O2)cc1. The third-order valence-corrected chi connectivity index (χ3v) is 8.25. The van der Waals surface area contributed by atoms with Gasteiger partial charge in [0.1, 0.15) is 17.0 Å². The van der Waals surface area contributed by atoms with E-state index < -0.39 is 47.2 Å². The number of ether oxygens (including phenoxy) is 3. The number of amides is 2. The van der Waals surface area contributed by atoms with E-state index in [9.17, 15) is 9.59 Å². The standard InChI is InChI=1S/C28H43BN2O7/c1-23(2,3)35-21(32)30-31(22(33)36-24(4,5)6)28-16-27(17-28,18-12-14-19(34-11)15-13-18)20(28)29-37-25(7,8)26(9,10)38-29/h12-15,20H,16-17H2,1-11H3,(H,30,32). The summed E-state index contributed by atoms with van der Waals surface area (Å²) in [6.07, 6.45) is -0.154. The van der Waals surface area contributed by atoms with Crippen molar-refractivity contribution in [3.05, 3.63) is 29.8 Å². The minimum atomic E-state index is -0.777. The predicted octanol–water partition coefficient (Wildman–Crippen LogP) is 5.62. The van der Waals surface area contributed by atoms with Crippen molar-refractivity contribution in [1.29, 1.82) is 0 Å². The molecule has 2 bridgehead atoms. The maximum atomic E-state index is 13.6. The Bertz CT molecular complexity index is 1070. The average molecular weight is 530 g/mol. The molecule has 1 aromatic rings. The van der Waals surface area contributed by atoms with E-state index in [1.807, 2.05) is 39.8 Å². The maximum Gasteiger partial charge on any atom is 0.464 e. The van der Waals surface area contributed by atoms with Crippen LogP contribution >= 0.6 is 0 Å². The molecule has 210 valence electrons. The van der Waals surface area contributed by atoms with Crippen LogP contribution in [0.3, 0.4) is 0 Å². The Kier molecular flexibility index (Phi) is 6.60. The van der Waals surface area contributed by atoms with Crippen molar-refractivity contribution in [2.45, 2.75) is 121 Å². The normalized spacial score (nSPS) is 29.0. The van der Waals surface area contributed by atoms with Crippen molar-refractivity contribution in [3.8, 4) is 5.75 Å². The zero-order chi connectivity index (χ0) is 28.5. The number of carbonyl (C=O) groups is 2. The highest BCUT2D eigenvalue weighted by atomic mass is 16.7. The van der Waals surface area contributed by atoms with Crippen LogP contribution in [0.4, 0.5) is 9.59 Å². The highest BCUT2D eigenvalue weighted by Gasteiger charge is 2.84. The number of methoxy groups -OCH3 is 1. The molecule has 0 spiro atoms. The first-order chi connectivity index (χ1) is 17.3. The van der Waals surface area contributed by atoms with Crippen LogP contribution in [-0.4, -0.2) is 59.4 Å². The Balaban J connectivity index is 1.73. The van der Waals surface area contributed by atoms with Crippen LogP contribution < -0.4 is 10.2 Å². The lowest BCUT2D eigenvalue weighted by Gasteiger charge is -2.78. The van der Waals surface area contributed by atoms with Crippen LogP contribution in [0.15, 0.2) is 24.3 Å². The quantitative estimate of drug-likeness (QED) is 0.399. The van der Waals surface area contributed by atoms with Crippen molar-refractivity contribution in [2.75, 3.05) is 7.11 Å². The van der Waals surface area contributed by atoms with Gasteiger partial charge in [-0.1, -0.05) is 12.1 Å². The summed E-state index contributed by atoms with van der Waals surface area (Å²) >= 11 is 0. The number of hydrogen-bond acceptors (Lipinski definition) is 7. The van der Waals surface area contributed by atoms with Crippen molar-refractivity contribution < 1.29 is 33.1 Å². The lowest BCUT2D eigenvalue weighted by atomic mass is 9.23. The second kappa shape index (κ2) is 8.78. The van der Waals surface area contributed by atoms with Crippen LogP contribution in [0.2, 0.25) is 5.82 Å². The summed E-state index contributed by atoms with van der Waals surface area (Å²) in [7, 11) is 1.04. The molecule has 1 saturated heterocycles. The number of nitrogens with zero attached hydrogens (tertiary/aromatic N) is 1. The number of benzene rings is 1. The van der Waals surface area contributed by atoms with Crippen LogP contribution in [0, 0.1) is 0 Å². The number of hydrogen-bond donors (Lipinski definition) is 1. The smallest absolute Gasteiger partial charge is 0.464 e. The summed E-state index contributed by atoms with van der Waals surface area (Å²) in [5, 5.41) is 1.33. The Hall–Kier alpha value is -2.46. The molecule has 5 rings (SSSR count). The Labute approximate surface area is 227 Å². The van der Waals surface area contributed by atoms with E-state index in [4.69, 9.17) is 23.5 Å². The van der Waals surface area contributed by atoms with E-state index >= 15 is 0 Å². The van der Waals surface area contributed by atoms with E-state index in [0.29, 0.717) is 12.8 Å². The molecule has 1 N–H and O–H groups in total. The van der Waals surface area contributed by atoms with E-state index in [1.54, 1.807) is 48.7 Å². The third-order valence-electron chi connectivity index (χ3n) is 8.25. The lowest BCUT2D eigenvalue weighted by Crippen LogP contribution is -2.86. The highest BCUT2D eigenvalue weighted by Crippen LogP contribution is 2.79. The second-order valence-corrected chi connectivity index (χ2v) is 13.9. The zero-order valence-electron chi connectivity index (χ0n) is 24.7. The fourth-order valence-corrected chi connectivity index (χ4v) is 5.91. The van der Waals surface area contributed by atoms with Gasteiger partial charge in [0.2, 0.25) is 0 Å². The van der Waals surface area contributed by atoms with Gasteiger partial charge in [-0.25, -0.2) is 20.0 Å².